The van der Waals surface area contributed by atoms with E-state index in [4.69, 9.17) is 37.4 Å². The molecule has 0 saturated heterocycles. The summed E-state index contributed by atoms with van der Waals surface area (Å²) in [6.07, 6.45) is 4.50. The Morgan fingerprint density at radius 3 is 2.56 bits per heavy atom. The smallest absolute Gasteiger partial charge is 0.147 e. The minimum Gasteiger partial charge on any atom is -0.497 e. The Balaban J connectivity index is 1.65. The molecule has 0 aliphatic carbocycles. The number of benzene rings is 2. The number of ether oxygens (including phenoxy) is 3. The lowest BCUT2D eigenvalue weighted by Crippen LogP contribution is -2.10. The second-order valence-corrected chi connectivity index (χ2v) is 6.11. The third kappa shape index (κ3) is 5.35. The summed E-state index contributed by atoms with van der Waals surface area (Å²) in [4.78, 5) is 0. The van der Waals surface area contributed by atoms with Crippen LogP contribution in [0.3, 0.4) is 0 Å². The highest BCUT2D eigenvalue weighted by Gasteiger charge is 2.10. The second kappa shape index (κ2) is 9.25. The summed E-state index contributed by atoms with van der Waals surface area (Å²) >= 11 is 12.4. The molecule has 1 aromatic heterocycles. The van der Waals surface area contributed by atoms with E-state index >= 15 is 0 Å². The molecule has 0 fully saturated rings. The van der Waals surface area contributed by atoms with E-state index in [9.17, 15) is 0 Å². The lowest BCUT2D eigenvalue weighted by atomic mass is 10.2. The van der Waals surface area contributed by atoms with Crippen molar-refractivity contribution in [1.29, 1.82) is 0 Å². The zero-order valence-electron chi connectivity index (χ0n) is 14.4. The van der Waals surface area contributed by atoms with Crippen LogP contribution in [0.25, 0.3) is 0 Å². The van der Waals surface area contributed by atoms with E-state index in [1.807, 2.05) is 18.2 Å². The van der Waals surface area contributed by atoms with Gasteiger partial charge in [-0.2, -0.15) is 5.10 Å². The molecule has 1 heterocycles. The van der Waals surface area contributed by atoms with E-state index in [0.29, 0.717) is 33.7 Å². The molecule has 140 valence electrons. The molecule has 0 radical (unpaired) electrons. The molecule has 3 rings (SSSR count). The van der Waals surface area contributed by atoms with Crippen molar-refractivity contribution in [1.82, 2.24) is 14.9 Å². The average molecular weight is 407 g/mol. The Labute approximate surface area is 166 Å². The second-order valence-electron chi connectivity index (χ2n) is 5.27. The maximum atomic E-state index is 6.27. The summed E-state index contributed by atoms with van der Waals surface area (Å²) in [6, 6.07) is 10.7. The van der Waals surface area contributed by atoms with Crippen LogP contribution in [0.15, 0.2) is 54.2 Å². The Bertz CT molecular complexity index is 917. The van der Waals surface area contributed by atoms with Crippen LogP contribution in [-0.2, 0) is 0 Å². The molecular weight excluding hydrogens is 391 g/mol. The highest BCUT2D eigenvalue weighted by molar-refractivity contribution is 6.36. The minimum absolute atomic E-state index is 0.284. The molecule has 0 N–H and O–H groups in total. The minimum atomic E-state index is 0.284. The van der Waals surface area contributed by atoms with Gasteiger partial charge in [0.15, 0.2) is 0 Å². The molecule has 0 bridgehead atoms. The topological polar surface area (TPSA) is 70.8 Å². The van der Waals surface area contributed by atoms with Gasteiger partial charge in [-0.3, -0.25) is 0 Å². The van der Waals surface area contributed by atoms with Crippen LogP contribution in [0.5, 0.6) is 17.2 Å². The van der Waals surface area contributed by atoms with Crippen molar-refractivity contribution in [2.45, 2.75) is 0 Å². The number of aromatic nitrogens is 3. The fraction of sp³-hybridized carbons (Fsp3) is 0.167. The van der Waals surface area contributed by atoms with Gasteiger partial charge >= 0.3 is 0 Å². The molecule has 0 amide bonds. The maximum absolute atomic E-state index is 6.27. The van der Waals surface area contributed by atoms with Crippen LogP contribution in [-0.4, -0.2) is 41.4 Å². The molecule has 9 heteroatoms. The Hall–Kier alpha value is -2.77. The van der Waals surface area contributed by atoms with Crippen molar-refractivity contribution in [2.24, 2.45) is 5.10 Å². The van der Waals surface area contributed by atoms with Crippen LogP contribution in [0.4, 0.5) is 0 Å². The number of hydrogen-bond donors (Lipinski definition) is 0. The number of rotatable bonds is 8. The van der Waals surface area contributed by atoms with Gasteiger partial charge in [-0.1, -0.05) is 29.3 Å². The normalized spacial score (nSPS) is 10.9. The first-order valence-electron chi connectivity index (χ1n) is 7.93. The first kappa shape index (κ1) is 19.0. The molecule has 0 spiro atoms. The van der Waals surface area contributed by atoms with Gasteiger partial charge in [0.05, 0.1) is 18.3 Å². The van der Waals surface area contributed by atoms with Crippen molar-refractivity contribution in [2.75, 3.05) is 20.3 Å². The summed E-state index contributed by atoms with van der Waals surface area (Å²) < 4.78 is 18.1. The molecule has 0 saturated carbocycles. The molecule has 0 aliphatic heterocycles. The van der Waals surface area contributed by atoms with Gasteiger partial charge < -0.3 is 14.2 Å². The van der Waals surface area contributed by atoms with E-state index < -0.39 is 0 Å². The highest BCUT2D eigenvalue weighted by atomic mass is 35.5. The summed E-state index contributed by atoms with van der Waals surface area (Å²) in [5.41, 5.74) is 0.627. The molecule has 3 aromatic rings. The summed E-state index contributed by atoms with van der Waals surface area (Å²) in [6.45, 7) is 0.611. The van der Waals surface area contributed by atoms with E-state index in [1.165, 1.54) is 17.3 Å². The summed E-state index contributed by atoms with van der Waals surface area (Å²) in [5.74, 6) is 1.88. The third-order valence-corrected chi connectivity index (χ3v) is 3.91. The molecular formula is C18H16Cl2N4O3. The lowest BCUT2D eigenvalue weighted by Gasteiger charge is -2.12. The summed E-state index contributed by atoms with van der Waals surface area (Å²) in [7, 11) is 1.60. The lowest BCUT2D eigenvalue weighted by molar-refractivity contribution is 0.216. The highest BCUT2D eigenvalue weighted by Crippen LogP contribution is 2.31. The zero-order valence-corrected chi connectivity index (χ0v) is 15.9. The number of halogens is 2. The van der Waals surface area contributed by atoms with E-state index in [1.54, 1.807) is 31.5 Å². The quantitative estimate of drug-likeness (QED) is 0.418. The largest absolute Gasteiger partial charge is 0.497 e. The van der Waals surface area contributed by atoms with Gasteiger partial charge in [-0.25, -0.2) is 4.68 Å². The first-order chi connectivity index (χ1) is 13.2. The number of nitrogens with zero attached hydrogens (tertiary/aromatic N) is 4. The van der Waals surface area contributed by atoms with E-state index in [-0.39, 0.29) is 6.61 Å². The average Bonchev–Trinajstić information content (AvgIpc) is 3.18. The van der Waals surface area contributed by atoms with E-state index in [0.717, 1.165) is 5.75 Å². The zero-order chi connectivity index (χ0) is 19.1. The monoisotopic (exact) mass is 406 g/mol. The number of methoxy groups -OCH3 is 1. The molecule has 27 heavy (non-hydrogen) atoms. The predicted molar refractivity (Wildman–Crippen MR) is 103 cm³/mol. The van der Waals surface area contributed by atoms with Gasteiger partial charge in [0, 0.05) is 16.7 Å². The fourth-order valence-corrected chi connectivity index (χ4v) is 2.77. The Morgan fingerprint density at radius 1 is 1.04 bits per heavy atom. The third-order valence-electron chi connectivity index (χ3n) is 3.41. The van der Waals surface area contributed by atoms with Crippen LogP contribution in [0.2, 0.25) is 10.0 Å². The summed E-state index contributed by atoms with van der Waals surface area (Å²) in [5, 5.41) is 12.4. The number of hydrogen-bond acceptors (Lipinski definition) is 6. The fourth-order valence-electron chi connectivity index (χ4n) is 2.21. The molecule has 0 unspecified atom stereocenters. The Kier molecular flexibility index (Phi) is 6.51. The first-order valence-corrected chi connectivity index (χ1v) is 8.69. The molecule has 0 aliphatic rings. The van der Waals surface area contributed by atoms with Crippen LogP contribution >= 0.6 is 23.2 Å². The standard InChI is InChI=1S/C18H16Cl2N4O3/c1-25-15-3-2-4-16(9-15)26-5-6-27-18-13(7-14(19)8-17(18)20)10-23-24-11-21-22-12-24/h2-4,7-12H,5-6H2,1H3. The van der Waals surface area contributed by atoms with Crippen molar-refractivity contribution in [3.8, 4) is 17.2 Å². The van der Waals surface area contributed by atoms with E-state index in [2.05, 4.69) is 15.3 Å². The van der Waals surface area contributed by atoms with Crippen LogP contribution in [0.1, 0.15) is 5.56 Å². The molecule has 0 atom stereocenters. The van der Waals surface area contributed by atoms with Crippen molar-refractivity contribution >= 4 is 29.4 Å². The van der Waals surface area contributed by atoms with Crippen molar-refractivity contribution < 1.29 is 14.2 Å². The maximum Gasteiger partial charge on any atom is 0.147 e. The van der Waals surface area contributed by atoms with Gasteiger partial charge in [-0.05, 0) is 24.3 Å². The van der Waals surface area contributed by atoms with Crippen LogP contribution in [0, 0.1) is 0 Å². The van der Waals surface area contributed by atoms with Crippen LogP contribution < -0.4 is 14.2 Å². The van der Waals surface area contributed by atoms with Crippen molar-refractivity contribution in [3.63, 3.8) is 0 Å². The van der Waals surface area contributed by atoms with Gasteiger partial charge in [-0.15, -0.1) is 10.2 Å². The Morgan fingerprint density at radius 2 is 1.78 bits per heavy atom. The SMILES string of the molecule is COc1cccc(OCCOc2c(Cl)cc(Cl)cc2C=Nn2cnnc2)c1. The van der Waals surface area contributed by atoms with Gasteiger partial charge in [0.2, 0.25) is 0 Å². The molecule has 7 nitrogen and oxygen atoms in total. The van der Waals surface area contributed by atoms with Gasteiger partial charge in [0.25, 0.3) is 0 Å². The molecule has 2 aromatic carbocycles. The predicted octanol–water partition coefficient (Wildman–Crippen LogP) is 3.93. The van der Waals surface area contributed by atoms with Gasteiger partial charge in [0.1, 0.15) is 43.1 Å². The van der Waals surface area contributed by atoms with Crippen molar-refractivity contribution in [3.05, 3.63) is 64.7 Å².